The lowest BCUT2D eigenvalue weighted by Gasteiger charge is -2.66. The van der Waals surface area contributed by atoms with Crippen LogP contribution < -0.4 is 0 Å². The lowest BCUT2D eigenvalue weighted by Crippen LogP contribution is -2.78. The summed E-state index contributed by atoms with van der Waals surface area (Å²) in [4.78, 5) is 51.5. The summed E-state index contributed by atoms with van der Waals surface area (Å²) in [6.07, 6.45) is -1.21. The number of benzene rings is 2. The maximum absolute atomic E-state index is 13.7. The number of phenols is 2. The molecule has 3 saturated heterocycles. The van der Waals surface area contributed by atoms with Gasteiger partial charge in [0.05, 0.1) is 60.0 Å². The van der Waals surface area contributed by atoms with Crippen molar-refractivity contribution in [1.29, 1.82) is 0 Å². The number of ether oxygens (including phenoxy) is 13. The molecule has 12 unspecified atom stereocenters. The van der Waals surface area contributed by atoms with Crippen LogP contribution in [0.3, 0.4) is 0 Å². The molecule has 0 spiro atoms. The Bertz CT molecular complexity index is 3550. The van der Waals surface area contributed by atoms with Crippen molar-refractivity contribution in [2.75, 3.05) is 21.3 Å². The average Bonchev–Trinajstić information content (AvgIpc) is 1.38. The first-order valence-electron chi connectivity index (χ1n) is 36.8. The second kappa shape index (κ2) is 28.6. The molecule has 8 aliphatic carbocycles. The number of hydrogen-bond donors (Lipinski definition) is 10. The van der Waals surface area contributed by atoms with Gasteiger partial charge in [0.25, 0.3) is 0 Å². The zero-order valence-electron chi connectivity index (χ0n) is 61.6. The van der Waals surface area contributed by atoms with Gasteiger partial charge in [-0.05, 0) is 171 Å². The van der Waals surface area contributed by atoms with Crippen LogP contribution in [0.4, 0.5) is 0 Å². The number of esters is 4. The van der Waals surface area contributed by atoms with Gasteiger partial charge in [0.2, 0.25) is 11.6 Å². The topological polar surface area (TPSA) is 391 Å². The second-order valence-corrected chi connectivity index (χ2v) is 32.3. The van der Waals surface area contributed by atoms with E-state index in [1.165, 1.54) is 62.4 Å². The molecular formula is C77H108O27. The summed E-state index contributed by atoms with van der Waals surface area (Å²) >= 11 is 0. The summed E-state index contributed by atoms with van der Waals surface area (Å²) < 4.78 is 79.1. The van der Waals surface area contributed by atoms with E-state index >= 15 is 0 Å². The zero-order valence-corrected chi connectivity index (χ0v) is 61.6. The highest BCUT2D eigenvalue weighted by Crippen LogP contribution is 2.73. The Kier molecular flexibility index (Phi) is 21.5. The largest absolute Gasteiger partial charge is 0.508 e. The number of fused-ring (bicyclic) bond motifs is 10. The molecule has 3 heterocycles. The number of rotatable bonds is 15. The van der Waals surface area contributed by atoms with Crippen molar-refractivity contribution < 1.29 is 132 Å². The van der Waals surface area contributed by atoms with Crippen molar-refractivity contribution in [3.05, 3.63) is 83.0 Å². The van der Waals surface area contributed by atoms with Gasteiger partial charge in [-0.25, -0.2) is 9.59 Å². The van der Waals surface area contributed by atoms with E-state index in [9.17, 15) is 70.2 Å². The van der Waals surface area contributed by atoms with Gasteiger partial charge in [0, 0.05) is 79.1 Å². The molecular weight excluding hydrogens is 1360 g/mol. The van der Waals surface area contributed by atoms with E-state index in [0.29, 0.717) is 57.8 Å². The molecule has 104 heavy (non-hydrogen) atoms. The molecule has 0 aromatic heterocycles. The Labute approximate surface area is 606 Å². The minimum Gasteiger partial charge on any atom is -0.508 e. The summed E-state index contributed by atoms with van der Waals surface area (Å²) in [7, 11) is 4.81. The first kappa shape index (κ1) is 78.3. The molecule has 9 fully saturated rings. The number of carbonyl (C=O) groups is 4. The van der Waals surface area contributed by atoms with Gasteiger partial charge in [-0.1, -0.05) is 37.1 Å². The van der Waals surface area contributed by atoms with Crippen LogP contribution in [0.25, 0.3) is 0 Å². The summed E-state index contributed by atoms with van der Waals surface area (Å²) in [5.41, 5.74) is -9.99. The average molecular weight is 1470 g/mol. The number of hydrogen-bond acceptors (Lipinski definition) is 27. The molecule has 0 amide bonds. The van der Waals surface area contributed by atoms with Crippen LogP contribution in [0.1, 0.15) is 192 Å². The molecule has 578 valence electrons. The monoisotopic (exact) mass is 1460 g/mol. The van der Waals surface area contributed by atoms with E-state index in [0.717, 1.165) is 25.0 Å². The van der Waals surface area contributed by atoms with E-state index in [4.69, 9.17) is 61.6 Å². The Morgan fingerprint density at radius 1 is 0.481 bits per heavy atom. The van der Waals surface area contributed by atoms with Gasteiger partial charge >= 0.3 is 23.9 Å². The molecule has 27 nitrogen and oxygen atoms in total. The minimum absolute atomic E-state index is 0.0189. The molecule has 2 aromatic rings. The third-order valence-corrected chi connectivity index (χ3v) is 27.1. The maximum atomic E-state index is 13.7. The molecule has 13 rings (SSSR count). The maximum Gasteiger partial charge on any atom is 0.338 e. The summed E-state index contributed by atoms with van der Waals surface area (Å²) in [5.74, 6) is -8.72. The van der Waals surface area contributed by atoms with Crippen LogP contribution in [-0.4, -0.2) is 228 Å². The molecule has 27 heteroatoms. The molecule has 0 bridgehead atoms. The number of aromatic hydroxyl groups is 2. The number of phenolic OH excluding ortho intramolecular Hbond substituents is 2. The van der Waals surface area contributed by atoms with Gasteiger partial charge in [-0.3, -0.25) is 9.59 Å². The number of carbonyl (C=O) groups excluding carboxylic acids is 4. The van der Waals surface area contributed by atoms with E-state index in [-0.39, 0.29) is 86.2 Å². The van der Waals surface area contributed by atoms with E-state index < -0.39 is 177 Å². The molecule has 2 aromatic carbocycles. The van der Waals surface area contributed by atoms with Crippen molar-refractivity contribution in [2.24, 2.45) is 33.5 Å². The molecule has 11 aliphatic rings. The number of aliphatic hydroxyl groups is 8. The van der Waals surface area contributed by atoms with Gasteiger partial charge in [0.1, 0.15) is 75.3 Å². The first-order chi connectivity index (χ1) is 48.8. The van der Waals surface area contributed by atoms with Gasteiger partial charge in [-0.2, -0.15) is 0 Å². The van der Waals surface area contributed by atoms with Crippen molar-refractivity contribution in [3.8, 4) is 11.5 Å². The highest BCUT2D eigenvalue weighted by Gasteiger charge is 2.84. The van der Waals surface area contributed by atoms with Crippen molar-refractivity contribution in [2.45, 2.75) is 304 Å². The van der Waals surface area contributed by atoms with Crippen molar-refractivity contribution in [1.82, 2.24) is 0 Å². The van der Waals surface area contributed by atoms with Crippen LogP contribution in [0.5, 0.6) is 11.5 Å². The molecule has 0 radical (unpaired) electrons. The molecule has 3 aliphatic heterocycles. The second-order valence-electron chi connectivity index (χ2n) is 32.3. The smallest absolute Gasteiger partial charge is 0.338 e. The third-order valence-electron chi connectivity index (χ3n) is 27.1. The van der Waals surface area contributed by atoms with Crippen LogP contribution >= 0.6 is 0 Å². The lowest BCUT2D eigenvalue weighted by molar-refractivity contribution is -0.352. The number of aliphatic hydroxyl groups excluding tert-OH is 2. The highest BCUT2D eigenvalue weighted by molar-refractivity contribution is 5.90. The van der Waals surface area contributed by atoms with E-state index in [1.807, 2.05) is 32.9 Å². The third kappa shape index (κ3) is 12.8. The van der Waals surface area contributed by atoms with E-state index in [1.54, 1.807) is 28.3 Å². The SMILES string of the molecule is CC(=O)O[C@]1(O)CC[C@@]2(O)[C@]1(C)[C@H](OC(=O)c1ccc(O)cc1)C[C@@H]1[C@@]3(C)CC[C@H](O)CC3=CC[C@]12O.COC1CC(OC2C(C)OC(OC3C(C)OC(O[C@H]4CC[C@@]5(C)C(=CC[C@]6(O)[C@@H]5C[C@@H](OC(=O)c5ccc(O)cc5)[C@@]5(C)[C@]6(O)CC[C@@]5(O)OC(C)=O)C4)CC3OC)CC2OC)OC(C)C1O. The Morgan fingerprint density at radius 3 is 1.28 bits per heavy atom. The van der Waals surface area contributed by atoms with Gasteiger partial charge in [-0.15, -0.1) is 0 Å². The molecule has 6 saturated carbocycles. The lowest BCUT2D eigenvalue weighted by atomic mass is 9.43. The highest BCUT2D eigenvalue weighted by atomic mass is 16.8. The summed E-state index contributed by atoms with van der Waals surface area (Å²) in [6.45, 7) is 15.0. The van der Waals surface area contributed by atoms with Crippen LogP contribution in [0.2, 0.25) is 0 Å². The fourth-order valence-electron chi connectivity index (χ4n) is 21.0. The normalized spacial score (nSPS) is 46.5. The van der Waals surface area contributed by atoms with Crippen LogP contribution in [0.15, 0.2) is 71.8 Å². The van der Waals surface area contributed by atoms with Crippen LogP contribution in [-0.2, 0) is 71.2 Å². The quantitative estimate of drug-likeness (QED) is 0.0406. The standard InChI is InChI=1S/C49H72O18.C28H36O9/c1-25-41(52)33(57-7)21-39(60-25)65-43-27(3)62-40(23-35(43)59-9)66-42-26(2)61-38(22-34(42)58-8)63-32-15-16-45(5)30(20-32)14-17-47(54)36(45)24-37(64-44(53)29-10-12-31(51)13-11-29)46(6)48(47,55)18-19-49(46,56)67-28(4)50;1-16(29)37-28(35)13-12-27(34)25(28,3)22(36-23(32)17-4-6-19(30)7-5-17)15-21-24(2)10-9-20(31)14-18(24)8-11-26(21,27)33/h10-14,25-27,32-43,51-52,54-56H,15-24H2,1-9H3;4-8,20-22,30-31,33-35H,9-15H2,1-3H3/t25?,26?,27?,32-,33?,34?,35?,36+,37+,38?,39?,40?,41?,42?,43?,45-,46-,47-,48+,49+;20-,21+,22+,24-,25-,26-,27+,28+/m00/s1. The number of methoxy groups -OCH3 is 3. The Morgan fingerprint density at radius 2 is 0.865 bits per heavy atom. The fraction of sp³-hybridized carbons (Fsp3) is 0.740. The van der Waals surface area contributed by atoms with Gasteiger partial charge < -0.3 is 113 Å². The zero-order chi connectivity index (χ0) is 75.5. The van der Waals surface area contributed by atoms with Crippen molar-refractivity contribution in [3.63, 3.8) is 0 Å². The Balaban J connectivity index is 0.000000231. The molecule has 10 N–H and O–H groups in total. The van der Waals surface area contributed by atoms with Crippen LogP contribution in [0, 0.1) is 33.5 Å². The summed E-state index contributed by atoms with van der Waals surface area (Å²) in [5, 5.41) is 115. The first-order valence-corrected chi connectivity index (χ1v) is 36.8. The minimum atomic E-state index is -2.26. The summed E-state index contributed by atoms with van der Waals surface area (Å²) in [6, 6.07) is 11.1. The fourth-order valence-corrected chi connectivity index (χ4v) is 21.0. The Hall–Kier alpha value is -5.28. The molecule has 28 atom stereocenters. The predicted octanol–water partition coefficient (Wildman–Crippen LogP) is 6.27. The van der Waals surface area contributed by atoms with E-state index in [2.05, 4.69) is 6.92 Å². The predicted molar refractivity (Wildman–Crippen MR) is 364 cm³/mol. The van der Waals surface area contributed by atoms with Gasteiger partial charge in [0.15, 0.2) is 18.9 Å². The van der Waals surface area contributed by atoms with Crippen molar-refractivity contribution >= 4 is 23.9 Å².